The Balaban J connectivity index is 2.06. The molecule has 0 radical (unpaired) electrons. The normalized spacial score (nSPS) is 10.8. The number of Topliss-reactive ketones (excluding diaryl/α,β-unsaturated/α-hetero) is 1. The number of methoxy groups -OCH3 is 1. The van der Waals surface area contributed by atoms with Crippen LogP contribution in [0.4, 0.5) is 8.78 Å². The highest BCUT2D eigenvalue weighted by Gasteiger charge is 2.17. The molecule has 1 aromatic heterocycles. The summed E-state index contributed by atoms with van der Waals surface area (Å²) < 4.78 is 39.9. The van der Waals surface area contributed by atoms with Gasteiger partial charge in [0.1, 0.15) is 0 Å². The van der Waals surface area contributed by atoms with E-state index in [0.717, 1.165) is 0 Å². The minimum Gasteiger partial charge on any atom is -0.490 e. The van der Waals surface area contributed by atoms with Gasteiger partial charge in [-0.3, -0.25) is 14.6 Å². The Kier molecular flexibility index (Phi) is 9.90. The number of carbonyl (C=O) groups is 2. The highest BCUT2D eigenvalue weighted by Crippen LogP contribution is 2.31. The van der Waals surface area contributed by atoms with Gasteiger partial charge < -0.3 is 19.5 Å². The van der Waals surface area contributed by atoms with Crippen LogP contribution < -0.4 is 14.8 Å². The number of pyridine rings is 1. The molecule has 0 aliphatic carbocycles. The first-order chi connectivity index (χ1) is 14.8. The predicted molar refractivity (Wildman–Crippen MR) is 110 cm³/mol. The van der Waals surface area contributed by atoms with Gasteiger partial charge in [0.15, 0.2) is 17.3 Å². The minimum absolute atomic E-state index is 0.00830. The van der Waals surface area contributed by atoms with Crippen molar-refractivity contribution in [1.29, 1.82) is 0 Å². The van der Waals surface area contributed by atoms with E-state index in [0.29, 0.717) is 18.5 Å². The second-order valence-electron chi connectivity index (χ2n) is 6.18. The SMILES string of the molecule is COC(=O)CNCCCOc1cc(C(=O)Cc2c(Cl)cncc2Cl)ccc1OC(F)F. The number of ketones is 1. The van der Waals surface area contributed by atoms with Crippen LogP contribution in [-0.2, 0) is 16.0 Å². The maximum atomic E-state index is 12.7. The number of benzene rings is 1. The number of aromatic nitrogens is 1. The van der Waals surface area contributed by atoms with E-state index in [4.69, 9.17) is 27.9 Å². The van der Waals surface area contributed by atoms with Crippen molar-refractivity contribution in [3.05, 3.63) is 51.8 Å². The van der Waals surface area contributed by atoms with Crippen molar-refractivity contribution in [2.24, 2.45) is 0 Å². The highest BCUT2D eigenvalue weighted by molar-refractivity contribution is 6.36. The predicted octanol–water partition coefficient (Wildman–Crippen LogP) is 3.95. The van der Waals surface area contributed by atoms with Crippen LogP contribution >= 0.6 is 23.2 Å². The van der Waals surface area contributed by atoms with E-state index < -0.39 is 12.6 Å². The summed E-state index contributed by atoms with van der Waals surface area (Å²) in [5.74, 6) is -0.961. The zero-order chi connectivity index (χ0) is 22.8. The number of alkyl halides is 2. The lowest BCUT2D eigenvalue weighted by atomic mass is 10.0. The first-order valence-corrected chi connectivity index (χ1v) is 9.87. The number of esters is 1. The molecule has 0 spiro atoms. The van der Waals surface area contributed by atoms with Crippen molar-refractivity contribution in [3.63, 3.8) is 0 Å². The van der Waals surface area contributed by atoms with E-state index >= 15 is 0 Å². The maximum Gasteiger partial charge on any atom is 0.387 e. The molecule has 0 bridgehead atoms. The lowest BCUT2D eigenvalue weighted by Crippen LogP contribution is -2.25. The summed E-state index contributed by atoms with van der Waals surface area (Å²) in [5.41, 5.74) is 0.625. The average molecular weight is 477 g/mol. The van der Waals surface area contributed by atoms with E-state index in [-0.39, 0.29) is 52.5 Å². The monoisotopic (exact) mass is 476 g/mol. The van der Waals surface area contributed by atoms with Gasteiger partial charge in [0.05, 0.1) is 30.3 Å². The standard InChI is InChI=1S/C20H20Cl2F2N2O5/c1-29-19(28)11-25-5-2-6-30-18-7-12(3-4-17(18)31-20(23)24)16(27)8-13-14(21)9-26-10-15(13)22/h3-4,7,9-10,20,25H,2,5-6,8,11H2,1H3. The van der Waals surface area contributed by atoms with Gasteiger partial charge in [-0.25, -0.2) is 0 Å². The molecule has 0 fully saturated rings. The Morgan fingerprint density at radius 1 is 1.16 bits per heavy atom. The molecular formula is C20H20Cl2F2N2O5. The summed E-state index contributed by atoms with van der Waals surface area (Å²) in [5, 5.41) is 3.34. The van der Waals surface area contributed by atoms with Crippen LogP contribution in [0.25, 0.3) is 0 Å². The molecule has 0 saturated carbocycles. The molecule has 11 heteroatoms. The van der Waals surface area contributed by atoms with Gasteiger partial charge in [-0.2, -0.15) is 8.78 Å². The summed E-state index contributed by atoms with van der Waals surface area (Å²) in [6, 6.07) is 3.92. The summed E-state index contributed by atoms with van der Waals surface area (Å²) in [4.78, 5) is 27.5. The lowest BCUT2D eigenvalue weighted by molar-refractivity contribution is -0.139. The second-order valence-corrected chi connectivity index (χ2v) is 6.99. The largest absolute Gasteiger partial charge is 0.490 e. The van der Waals surface area contributed by atoms with E-state index in [1.807, 2.05) is 0 Å². The van der Waals surface area contributed by atoms with Crippen molar-refractivity contribution in [2.75, 3.05) is 26.8 Å². The number of carbonyl (C=O) groups excluding carboxylic acids is 2. The average Bonchev–Trinajstić information content (AvgIpc) is 2.73. The summed E-state index contributed by atoms with van der Waals surface area (Å²) in [6.07, 6.45) is 3.11. The molecule has 0 unspecified atom stereocenters. The molecule has 0 aliphatic heterocycles. The molecule has 2 aromatic rings. The van der Waals surface area contributed by atoms with Crippen LogP contribution in [-0.4, -0.2) is 50.2 Å². The molecule has 2 rings (SSSR count). The van der Waals surface area contributed by atoms with Crippen molar-refractivity contribution >= 4 is 35.0 Å². The van der Waals surface area contributed by atoms with Gasteiger partial charge >= 0.3 is 12.6 Å². The Morgan fingerprint density at radius 3 is 2.52 bits per heavy atom. The quantitative estimate of drug-likeness (QED) is 0.282. The third-order valence-electron chi connectivity index (χ3n) is 4.02. The molecular weight excluding hydrogens is 457 g/mol. The van der Waals surface area contributed by atoms with Gasteiger partial charge in [-0.15, -0.1) is 0 Å². The molecule has 31 heavy (non-hydrogen) atoms. The third-order valence-corrected chi connectivity index (χ3v) is 4.68. The van der Waals surface area contributed by atoms with Gasteiger partial charge in [0.2, 0.25) is 0 Å². The van der Waals surface area contributed by atoms with Gasteiger partial charge in [0.25, 0.3) is 0 Å². The van der Waals surface area contributed by atoms with Crippen molar-refractivity contribution in [1.82, 2.24) is 10.3 Å². The summed E-state index contributed by atoms with van der Waals surface area (Å²) >= 11 is 12.1. The Morgan fingerprint density at radius 2 is 1.87 bits per heavy atom. The second kappa shape index (κ2) is 12.4. The van der Waals surface area contributed by atoms with Crippen LogP contribution in [0.1, 0.15) is 22.3 Å². The Bertz CT molecular complexity index is 895. The third kappa shape index (κ3) is 7.93. The number of hydrogen-bond donors (Lipinski definition) is 1. The van der Waals surface area contributed by atoms with Gasteiger partial charge in [-0.1, -0.05) is 23.2 Å². The fourth-order valence-corrected chi connectivity index (χ4v) is 3.00. The molecule has 1 N–H and O–H groups in total. The van der Waals surface area contributed by atoms with Gasteiger partial charge in [0, 0.05) is 29.9 Å². The van der Waals surface area contributed by atoms with E-state index in [1.165, 1.54) is 37.7 Å². The summed E-state index contributed by atoms with van der Waals surface area (Å²) in [7, 11) is 1.28. The number of halogens is 4. The molecule has 1 heterocycles. The zero-order valence-corrected chi connectivity index (χ0v) is 18.0. The topological polar surface area (TPSA) is 86.8 Å². The molecule has 7 nitrogen and oxygen atoms in total. The van der Waals surface area contributed by atoms with Crippen molar-refractivity contribution in [2.45, 2.75) is 19.5 Å². The fraction of sp³-hybridized carbons (Fsp3) is 0.350. The van der Waals surface area contributed by atoms with E-state index in [1.54, 1.807) is 0 Å². The Labute approximate surface area is 187 Å². The van der Waals surface area contributed by atoms with Crippen LogP contribution in [0.2, 0.25) is 10.0 Å². The molecule has 1 aromatic carbocycles. The molecule has 0 aliphatic rings. The van der Waals surface area contributed by atoms with E-state index in [2.05, 4.69) is 19.8 Å². The number of rotatable bonds is 12. The van der Waals surface area contributed by atoms with Crippen molar-refractivity contribution in [3.8, 4) is 11.5 Å². The zero-order valence-electron chi connectivity index (χ0n) is 16.5. The first kappa shape index (κ1) is 24.8. The van der Waals surface area contributed by atoms with Crippen LogP contribution in [0.5, 0.6) is 11.5 Å². The van der Waals surface area contributed by atoms with Crippen LogP contribution in [0.3, 0.4) is 0 Å². The summed E-state index contributed by atoms with van der Waals surface area (Å²) in [6.45, 7) is -2.45. The smallest absolute Gasteiger partial charge is 0.387 e. The number of ether oxygens (including phenoxy) is 3. The highest BCUT2D eigenvalue weighted by atomic mass is 35.5. The molecule has 0 amide bonds. The first-order valence-electron chi connectivity index (χ1n) is 9.12. The van der Waals surface area contributed by atoms with Gasteiger partial charge in [-0.05, 0) is 31.2 Å². The fourth-order valence-electron chi connectivity index (χ4n) is 2.50. The molecule has 0 atom stereocenters. The minimum atomic E-state index is -3.06. The van der Waals surface area contributed by atoms with Crippen LogP contribution in [0.15, 0.2) is 30.6 Å². The number of nitrogens with zero attached hydrogens (tertiary/aromatic N) is 1. The number of hydrogen-bond acceptors (Lipinski definition) is 7. The van der Waals surface area contributed by atoms with Crippen molar-refractivity contribution < 1.29 is 32.6 Å². The van der Waals surface area contributed by atoms with Crippen LogP contribution in [0, 0.1) is 0 Å². The maximum absolute atomic E-state index is 12.7. The number of nitrogens with one attached hydrogen (secondary N) is 1. The van der Waals surface area contributed by atoms with E-state index in [9.17, 15) is 18.4 Å². The lowest BCUT2D eigenvalue weighted by Gasteiger charge is -2.14. The molecule has 0 saturated heterocycles. The Hall–Kier alpha value is -2.49. The molecule has 168 valence electrons.